The summed E-state index contributed by atoms with van der Waals surface area (Å²) >= 11 is 0. The predicted octanol–water partition coefficient (Wildman–Crippen LogP) is 1.83. The molecular weight excluding hydrogens is 294 g/mol. The number of hydrogen-bond donors (Lipinski definition) is 1. The molecule has 0 aromatic rings. The summed E-state index contributed by atoms with van der Waals surface area (Å²) in [4.78, 5) is 28.7. The summed E-state index contributed by atoms with van der Waals surface area (Å²) in [6.07, 6.45) is -0.288. The molecule has 2 heterocycles. The zero-order valence-electron chi connectivity index (χ0n) is 15.4. The van der Waals surface area contributed by atoms with Crippen LogP contribution < -0.4 is 5.73 Å². The van der Waals surface area contributed by atoms with Gasteiger partial charge < -0.3 is 20.3 Å². The fraction of sp³-hybridized carbons (Fsp3) is 0.882. The summed E-state index contributed by atoms with van der Waals surface area (Å²) in [5.74, 6) is 0.235. The molecule has 2 rings (SSSR count). The molecule has 0 spiro atoms. The van der Waals surface area contributed by atoms with Crippen LogP contribution in [0.15, 0.2) is 0 Å². The van der Waals surface area contributed by atoms with Gasteiger partial charge >= 0.3 is 6.09 Å². The molecule has 2 aliphatic heterocycles. The van der Waals surface area contributed by atoms with E-state index in [2.05, 4.69) is 6.92 Å². The number of likely N-dealkylation sites (tertiary alicyclic amines) is 2. The van der Waals surface area contributed by atoms with E-state index < -0.39 is 11.6 Å². The van der Waals surface area contributed by atoms with Crippen LogP contribution in [-0.4, -0.2) is 58.6 Å². The van der Waals surface area contributed by atoms with E-state index in [-0.39, 0.29) is 35.4 Å². The lowest BCUT2D eigenvalue weighted by Crippen LogP contribution is -2.57. The van der Waals surface area contributed by atoms with Gasteiger partial charge in [-0.15, -0.1) is 0 Å². The Morgan fingerprint density at radius 2 is 1.52 bits per heavy atom. The largest absolute Gasteiger partial charge is 0.444 e. The molecule has 0 aliphatic carbocycles. The zero-order valence-corrected chi connectivity index (χ0v) is 15.4. The Labute approximate surface area is 139 Å². The highest BCUT2D eigenvalue weighted by atomic mass is 16.6. The van der Waals surface area contributed by atoms with E-state index in [0.717, 1.165) is 0 Å². The number of nitrogens with two attached hydrogens (primary N) is 1. The molecule has 0 saturated carbocycles. The quantitative estimate of drug-likeness (QED) is 0.798. The van der Waals surface area contributed by atoms with Gasteiger partial charge in [-0.2, -0.15) is 0 Å². The SMILES string of the molecule is C[C@@H]1[C@H]2CN(C(=O)[C@@H](N)C(C)(C)C)[C@@H]1CN2C(=O)OC(C)(C)C. The van der Waals surface area contributed by atoms with Crippen molar-refractivity contribution in [2.75, 3.05) is 13.1 Å². The van der Waals surface area contributed by atoms with Crippen LogP contribution in [0.2, 0.25) is 0 Å². The maximum absolute atomic E-state index is 12.7. The lowest BCUT2D eigenvalue weighted by atomic mass is 9.86. The Morgan fingerprint density at radius 1 is 1.04 bits per heavy atom. The molecule has 0 unspecified atom stereocenters. The van der Waals surface area contributed by atoms with E-state index >= 15 is 0 Å². The van der Waals surface area contributed by atoms with Crippen LogP contribution in [0.25, 0.3) is 0 Å². The lowest BCUT2D eigenvalue weighted by molar-refractivity contribution is -0.137. The molecule has 2 fully saturated rings. The third-order valence-electron chi connectivity index (χ3n) is 4.89. The van der Waals surface area contributed by atoms with Crippen LogP contribution in [0.1, 0.15) is 48.5 Å². The smallest absolute Gasteiger partial charge is 0.410 e. The highest BCUT2D eigenvalue weighted by Gasteiger charge is 2.54. The summed E-state index contributed by atoms with van der Waals surface area (Å²) in [7, 11) is 0. The van der Waals surface area contributed by atoms with Crippen molar-refractivity contribution >= 4 is 12.0 Å². The number of hydrogen-bond acceptors (Lipinski definition) is 4. The number of fused-ring (bicyclic) bond motifs is 2. The number of nitrogens with zero attached hydrogens (tertiary/aromatic N) is 2. The number of amides is 2. The molecule has 2 amide bonds. The fourth-order valence-electron chi connectivity index (χ4n) is 3.36. The summed E-state index contributed by atoms with van der Waals surface area (Å²) < 4.78 is 5.48. The van der Waals surface area contributed by atoms with Gasteiger partial charge in [0.25, 0.3) is 0 Å². The van der Waals surface area contributed by atoms with Crippen molar-refractivity contribution in [3.05, 3.63) is 0 Å². The normalized spacial score (nSPS) is 29.0. The third kappa shape index (κ3) is 3.47. The standard InChI is InChI=1S/C17H31N3O3/c1-10-11-9-20(15(22)23-17(5,6)7)12(10)8-19(11)14(21)13(18)16(2,3)4/h10-13H,8-9,18H2,1-7H3/t10-,11+,12+,13+/m0/s1. The first-order valence-corrected chi connectivity index (χ1v) is 8.38. The van der Waals surface area contributed by atoms with Gasteiger partial charge in [0.15, 0.2) is 0 Å². The molecule has 0 radical (unpaired) electrons. The van der Waals surface area contributed by atoms with E-state index in [1.165, 1.54) is 0 Å². The predicted molar refractivity (Wildman–Crippen MR) is 88.8 cm³/mol. The minimum atomic E-state index is -0.524. The maximum atomic E-state index is 12.7. The minimum Gasteiger partial charge on any atom is -0.444 e. The number of carbonyl (C=O) groups excluding carboxylic acids is 2. The van der Waals surface area contributed by atoms with Crippen molar-refractivity contribution in [1.29, 1.82) is 0 Å². The average Bonchev–Trinajstić information content (AvgIpc) is 2.87. The van der Waals surface area contributed by atoms with Crippen molar-refractivity contribution in [1.82, 2.24) is 9.80 Å². The molecule has 6 heteroatoms. The summed E-state index contributed by atoms with van der Waals surface area (Å²) in [5.41, 5.74) is 5.35. The Bertz CT molecular complexity index is 492. The topological polar surface area (TPSA) is 75.9 Å². The molecule has 6 nitrogen and oxygen atoms in total. The molecule has 0 aromatic heterocycles. The second kappa shape index (κ2) is 5.65. The molecule has 4 atom stereocenters. The van der Waals surface area contributed by atoms with Gasteiger partial charge in [0.2, 0.25) is 5.91 Å². The molecule has 23 heavy (non-hydrogen) atoms. The van der Waals surface area contributed by atoms with Crippen molar-refractivity contribution in [3.63, 3.8) is 0 Å². The van der Waals surface area contributed by atoms with E-state index in [1.54, 1.807) is 4.90 Å². The monoisotopic (exact) mass is 325 g/mol. The minimum absolute atomic E-state index is 0.0133. The molecule has 0 aromatic carbocycles. The van der Waals surface area contributed by atoms with Gasteiger partial charge in [0, 0.05) is 19.0 Å². The molecule has 2 N–H and O–H groups in total. The first kappa shape index (κ1) is 18.0. The summed E-state index contributed by atoms with van der Waals surface area (Å²) in [6, 6.07) is -0.469. The molecule has 132 valence electrons. The van der Waals surface area contributed by atoms with Gasteiger partial charge in [-0.1, -0.05) is 27.7 Å². The van der Waals surface area contributed by atoms with Crippen LogP contribution >= 0.6 is 0 Å². The first-order chi connectivity index (χ1) is 10.3. The van der Waals surface area contributed by atoms with E-state index in [4.69, 9.17) is 10.5 Å². The van der Waals surface area contributed by atoms with Crippen LogP contribution in [-0.2, 0) is 9.53 Å². The van der Waals surface area contributed by atoms with Gasteiger partial charge in [-0.05, 0) is 26.2 Å². The van der Waals surface area contributed by atoms with E-state index in [0.29, 0.717) is 13.1 Å². The Hall–Kier alpha value is -1.30. The number of piperazine rings is 1. The number of rotatable bonds is 1. The molecule has 2 saturated heterocycles. The summed E-state index contributed by atoms with van der Waals surface area (Å²) in [5, 5.41) is 0. The van der Waals surface area contributed by atoms with Crippen LogP contribution in [0.5, 0.6) is 0 Å². The summed E-state index contributed by atoms with van der Waals surface area (Å²) in [6.45, 7) is 14.7. The van der Waals surface area contributed by atoms with Gasteiger partial charge in [0.05, 0.1) is 18.1 Å². The highest BCUT2D eigenvalue weighted by molar-refractivity contribution is 5.84. The average molecular weight is 325 g/mol. The third-order valence-corrected chi connectivity index (χ3v) is 4.89. The van der Waals surface area contributed by atoms with Gasteiger partial charge in [-0.25, -0.2) is 4.79 Å². The fourth-order valence-corrected chi connectivity index (χ4v) is 3.36. The van der Waals surface area contributed by atoms with Gasteiger partial charge in [0.1, 0.15) is 5.60 Å². The Morgan fingerprint density at radius 3 is 1.91 bits per heavy atom. The zero-order chi connectivity index (χ0) is 17.7. The van der Waals surface area contributed by atoms with Gasteiger partial charge in [-0.3, -0.25) is 4.79 Å². The molecule has 2 bridgehead atoms. The second-order valence-electron chi connectivity index (χ2n) is 8.96. The maximum Gasteiger partial charge on any atom is 0.410 e. The highest BCUT2D eigenvalue weighted by Crippen LogP contribution is 2.37. The van der Waals surface area contributed by atoms with Crippen LogP contribution in [0, 0.1) is 11.3 Å². The Balaban J connectivity index is 2.07. The van der Waals surface area contributed by atoms with Crippen molar-refractivity contribution in [3.8, 4) is 0 Å². The first-order valence-electron chi connectivity index (χ1n) is 8.38. The number of carbonyl (C=O) groups is 2. The molecular formula is C17H31N3O3. The van der Waals surface area contributed by atoms with Crippen molar-refractivity contribution < 1.29 is 14.3 Å². The van der Waals surface area contributed by atoms with Crippen molar-refractivity contribution in [2.24, 2.45) is 17.1 Å². The molecule has 2 aliphatic rings. The Kier molecular flexibility index (Phi) is 4.43. The van der Waals surface area contributed by atoms with E-state index in [1.807, 2.05) is 46.4 Å². The van der Waals surface area contributed by atoms with Crippen LogP contribution in [0.3, 0.4) is 0 Å². The number of ether oxygens (including phenoxy) is 1. The second-order valence-corrected chi connectivity index (χ2v) is 8.96. The lowest BCUT2D eigenvalue weighted by Gasteiger charge is -2.38. The van der Waals surface area contributed by atoms with Crippen molar-refractivity contribution in [2.45, 2.75) is 72.2 Å². The van der Waals surface area contributed by atoms with E-state index in [9.17, 15) is 9.59 Å². The van der Waals surface area contributed by atoms with Crippen LogP contribution in [0.4, 0.5) is 4.79 Å².